The molecule has 1 heterocycles. The van der Waals surface area contributed by atoms with Crippen LogP contribution in [0.4, 0.5) is 4.79 Å². The Balaban J connectivity index is 2.44. The van der Waals surface area contributed by atoms with E-state index in [0.29, 0.717) is 18.0 Å². The number of ether oxygens (including phenoxy) is 1. The number of esters is 1. The van der Waals surface area contributed by atoms with Crippen molar-refractivity contribution in [1.29, 1.82) is 0 Å². The Hall–Kier alpha value is -2.31. The highest BCUT2D eigenvalue weighted by Crippen LogP contribution is 2.15. The van der Waals surface area contributed by atoms with Crippen LogP contribution in [0, 0.1) is 19.8 Å². The van der Waals surface area contributed by atoms with Crippen molar-refractivity contribution < 1.29 is 19.1 Å². The van der Waals surface area contributed by atoms with E-state index in [1.165, 1.54) is 0 Å². The third-order valence-electron chi connectivity index (χ3n) is 3.70. The van der Waals surface area contributed by atoms with Crippen LogP contribution in [0.15, 0.2) is 6.07 Å². The Kier molecular flexibility index (Phi) is 7.48. The fraction of sp³-hybridized carbons (Fsp3) is 0.588. The minimum absolute atomic E-state index is 0.434. The summed E-state index contributed by atoms with van der Waals surface area (Å²) in [5, 5.41) is 4.71. The number of hydrogen-bond donors (Lipinski definition) is 2. The summed E-state index contributed by atoms with van der Waals surface area (Å²) in [5.74, 6) is -0.767. The number of aromatic nitrogens is 1. The third kappa shape index (κ3) is 5.72. The number of amides is 3. The molecule has 7 heteroatoms. The monoisotopic (exact) mass is 337 g/mol. The molecule has 0 aromatic carbocycles. The number of rotatable bonds is 7. The van der Waals surface area contributed by atoms with Crippen LogP contribution in [0.5, 0.6) is 0 Å². The number of carbonyl (C=O) groups excluding carboxylic acids is 3. The van der Waals surface area contributed by atoms with Gasteiger partial charge >= 0.3 is 12.0 Å². The van der Waals surface area contributed by atoms with Crippen molar-refractivity contribution in [3.63, 3.8) is 0 Å². The molecule has 1 aromatic heterocycles. The molecular formula is C17H27N3O4. The predicted molar refractivity (Wildman–Crippen MR) is 90.9 cm³/mol. The maximum absolute atomic E-state index is 12.1. The minimum atomic E-state index is -0.658. The molecule has 0 spiro atoms. The molecule has 2 N–H and O–H groups in total. The average Bonchev–Trinajstić information content (AvgIpc) is 2.78. The summed E-state index contributed by atoms with van der Waals surface area (Å²) >= 11 is 0. The van der Waals surface area contributed by atoms with E-state index in [0.717, 1.165) is 24.4 Å². The van der Waals surface area contributed by atoms with Gasteiger partial charge in [0.2, 0.25) is 0 Å². The van der Waals surface area contributed by atoms with Crippen molar-refractivity contribution in [2.45, 2.75) is 47.6 Å². The molecule has 0 fully saturated rings. The summed E-state index contributed by atoms with van der Waals surface area (Å²) in [7, 11) is 0. The lowest BCUT2D eigenvalue weighted by molar-refractivity contribution is -0.123. The van der Waals surface area contributed by atoms with Crippen molar-refractivity contribution >= 4 is 17.9 Å². The Morgan fingerprint density at radius 2 is 1.92 bits per heavy atom. The van der Waals surface area contributed by atoms with Gasteiger partial charge in [-0.15, -0.1) is 0 Å². The Morgan fingerprint density at radius 1 is 1.25 bits per heavy atom. The first-order valence-corrected chi connectivity index (χ1v) is 8.17. The number of carbonyl (C=O) groups is 3. The van der Waals surface area contributed by atoms with E-state index in [-0.39, 0.29) is 0 Å². The zero-order chi connectivity index (χ0) is 18.3. The number of nitrogens with one attached hydrogen (secondary N) is 2. The Morgan fingerprint density at radius 3 is 2.46 bits per heavy atom. The molecule has 0 atom stereocenters. The smallest absolute Gasteiger partial charge is 0.340 e. The van der Waals surface area contributed by atoms with Crippen LogP contribution >= 0.6 is 0 Å². The number of aryl methyl sites for hydroxylation is 1. The Bertz CT molecular complexity index is 605. The van der Waals surface area contributed by atoms with E-state index in [1.54, 1.807) is 6.07 Å². The predicted octanol–water partition coefficient (Wildman–Crippen LogP) is 2.15. The second-order valence-electron chi connectivity index (χ2n) is 6.09. The molecule has 7 nitrogen and oxygen atoms in total. The van der Waals surface area contributed by atoms with Gasteiger partial charge in [0.1, 0.15) is 0 Å². The van der Waals surface area contributed by atoms with Gasteiger partial charge in [0.15, 0.2) is 6.61 Å². The SMILES string of the molecule is CCn1c(C)cc(C(=O)OCC(=O)NC(=O)NCCC(C)C)c1C. The second-order valence-corrected chi connectivity index (χ2v) is 6.09. The number of urea groups is 1. The van der Waals surface area contributed by atoms with Crippen molar-refractivity contribution in [3.8, 4) is 0 Å². The second kappa shape index (κ2) is 9.10. The molecule has 0 aliphatic carbocycles. The van der Waals surface area contributed by atoms with Crippen LogP contribution < -0.4 is 10.6 Å². The van der Waals surface area contributed by atoms with Crippen molar-refractivity contribution in [2.75, 3.05) is 13.2 Å². The van der Waals surface area contributed by atoms with Gasteiger partial charge in [-0.1, -0.05) is 13.8 Å². The lowest BCUT2D eigenvalue weighted by Gasteiger charge is -2.09. The lowest BCUT2D eigenvalue weighted by atomic mass is 10.1. The molecule has 134 valence electrons. The first-order valence-electron chi connectivity index (χ1n) is 8.17. The zero-order valence-corrected chi connectivity index (χ0v) is 15.1. The lowest BCUT2D eigenvalue weighted by Crippen LogP contribution is -2.42. The first-order chi connectivity index (χ1) is 11.3. The van der Waals surface area contributed by atoms with Crippen molar-refractivity contribution in [1.82, 2.24) is 15.2 Å². The van der Waals surface area contributed by atoms with Crippen molar-refractivity contribution in [3.05, 3.63) is 23.0 Å². The summed E-state index contributed by atoms with van der Waals surface area (Å²) in [6, 6.07) is 1.15. The number of imide groups is 1. The largest absolute Gasteiger partial charge is 0.452 e. The molecule has 3 amide bonds. The molecule has 1 rings (SSSR count). The highest BCUT2D eigenvalue weighted by molar-refractivity contribution is 5.97. The fourth-order valence-electron chi connectivity index (χ4n) is 2.38. The van der Waals surface area contributed by atoms with Crippen LogP contribution in [-0.4, -0.2) is 35.6 Å². The molecular weight excluding hydrogens is 310 g/mol. The van der Waals surface area contributed by atoms with E-state index >= 15 is 0 Å². The zero-order valence-electron chi connectivity index (χ0n) is 15.1. The van der Waals surface area contributed by atoms with Gasteiger partial charge in [0.05, 0.1) is 5.56 Å². The molecule has 0 radical (unpaired) electrons. The maximum atomic E-state index is 12.1. The minimum Gasteiger partial charge on any atom is -0.452 e. The van der Waals surface area contributed by atoms with Gasteiger partial charge in [-0.3, -0.25) is 10.1 Å². The van der Waals surface area contributed by atoms with Gasteiger partial charge in [-0.2, -0.15) is 0 Å². The van der Waals surface area contributed by atoms with E-state index in [4.69, 9.17) is 4.74 Å². The van der Waals surface area contributed by atoms with E-state index < -0.39 is 24.5 Å². The molecule has 0 bridgehead atoms. The Labute approximate surface area is 142 Å². The summed E-state index contributed by atoms with van der Waals surface area (Å²) < 4.78 is 6.97. The average molecular weight is 337 g/mol. The summed E-state index contributed by atoms with van der Waals surface area (Å²) in [6.45, 7) is 10.5. The van der Waals surface area contributed by atoms with Crippen LogP contribution in [0.25, 0.3) is 0 Å². The maximum Gasteiger partial charge on any atom is 0.340 e. The fourth-order valence-corrected chi connectivity index (χ4v) is 2.38. The van der Waals surface area contributed by atoms with Crippen molar-refractivity contribution in [2.24, 2.45) is 5.92 Å². The van der Waals surface area contributed by atoms with Gasteiger partial charge in [-0.25, -0.2) is 9.59 Å². The molecule has 0 aliphatic rings. The molecule has 1 aromatic rings. The highest BCUT2D eigenvalue weighted by atomic mass is 16.5. The molecule has 0 saturated heterocycles. The van der Waals surface area contributed by atoms with E-state index in [1.807, 2.05) is 39.2 Å². The number of hydrogen-bond acceptors (Lipinski definition) is 4. The van der Waals surface area contributed by atoms with Gasteiger partial charge in [0.25, 0.3) is 5.91 Å². The van der Waals surface area contributed by atoms with Gasteiger partial charge in [0, 0.05) is 24.5 Å². The van der Waals surface area contributed by atoms with Gasteiger partial charge in [-0.05, 0) is 39.2 Å². The summed E-state index contributed by atoms with van der Waals surface area (Å²) in [5.41, 5.74) is 2.19. The summed E-state index contributed by atoms with van der Waals surface area (Å²) in [6.07, 6.45) is 0.823. The van der Waals surface area contributed by atoms with Crippen LogP contribution in [0.2, 0.25) is 0 Å². The quantitative estimate of drug-likeness (QED) is 0.746. The molecule has 0 saturated carbocycles. The highest BCUT2D eigenvalue weighted by Gasteiger charge is 2.18. The third-order valence-corrected chi connectivity index (χ3v) is 3.70. The van der Waals surface area contributed by atoms with E-state index in [2.05, 4.69) is 10.6 Å². The topological polar surface area (TPSA) is 89.4 Å². The molecule has 24 heavy (non-hydrogen) atoms. The van der Waals surface area contributed by atoms with Crippen LogP contribution in [0.1, 0.15) is 48.9 Å². The number of nitrogens with zero attached hydrogens (tertiary/aromatic N) is 1. The first kappa shape index (κ1) is 19.7. The normalized spacial score (nSPS) is 10.6. The summed E-state index contributed by atoms with van der Waals surface area (Å²) in [4.78, 5) is 35.2. The van der Waals surface area contributed by atoms with E-state index in [9.17, 15) is 14.4 Å². The molecule has 0 aliphatic heterocycles. The standard InChI is InChI=1S/C17H27N3O4/c1-6-20-12(4)9-14(13(20)5)16(22)24-10-15(21)19-17(23)18-8-7-11(2)3/h9,11H,6-8,10H2,1-5H3,(H2,18,19,21,23). The van der Waals surface area contributed by atoms with Crippen LogP contribution in [0.3, 0.4) is 0 Å². The van der Waals surface area contributed by atoms with Gasteiger partial charge < -0.3 is 14.6 Å². The van der Waals surface area contributed by atoms with Crippen LogP contribution in [-0.2, 0) is 16.1 Å². The molecule has 0 unspecified atom stereocenters.